The first-order valence-corrected chi connectivity index (χ1v) is 6.84. The summed E-state index contributed by atoms with van der Waals surface area (Å²) in [6.07, 6.45) is 4.99. The summed E-state index contributed by atoms with van der Waals surface area (Å²) in [6.45, 7) is 4.39. The molecule has 0 spiro atoms. The lowest BCUT2D eigenvalue weighted by molar-refractivity contribution is -0.150. The molecular formula is C13H25ClN2O2. The summed E-state index contributed by atoms with van der Waals surface area (Å²) in [5, 5.41) is 0. The Kier molecular flexibility index (Phi) is 6.39. The molecule has 0 bridgehead atoms. The molecule has 0 aromatic heterocycles. The standard InChI is InChI=1S/C13H24N2O2.ClH/c1-10-5-6-15(11(8-10)9-14)13(16)12-4-2-3-7-17-12;/h10-12H,2-9,14H2,1H3;1H. The topological polar surface area (TPSA) is 55.6 Å². The van der Waals surface area contributed by atoms with Crippen LogP contribution in [0.4, 0.5) is 0 Å². The fraction of sp³-hybridized carbons (Fsp3) is 0.923. The van der Waals surface area contributed by atoms with Gasteiger partial charge in [0.2, 0.25) is 0 Å². The lowest BCUT2D eigenvalue weighted by Gasteiger charge is -2.40. The summed E-state index contributed by atoms with van der Waals surface area (Å²) in [5.74, 6) is 0.854. The zero-order valence-electron chi connectivity index (χ0n) is 11.1. The van der Waals surface area contributed by atoms with Gasteiger partial charge in [-0.05, 0) is 38.0 Å². The minimum atomic E-state index is -0.203. The van der Waals surface area contributed by atoms with Gasteiger partial charge in [0.1, 0.15) is 6.10 Å². The maximum Gasteiger partial charge on any atom is 0.251 e. The van der Waals surface area contributed by atoms with Crippen LogP contribution in [0.3, 0.4) is 0 Å². The molecule has 2 rings (SSSR count). The first-order valence-electron chi connectivity index (χ1n) is 6.84. The van der Waals surface area contributed by atoms with E-state index in [0.717, 1.165) is 45.3 Å². The lowest BCUT2D eigenvalue weighted by Crippen LogP contribution is -2.53. The third-order valence-electron chi connectivity index (χ3n) is 3.99. The number of hydrogen-bond donors (Lipinski definition) is 1. The van der Waals surface area contributed by atoms with Gasteiger partial charge >= 0.3 is 0 Å². The van der Waals surface area contributed by atoms with Crippen molar-refractivity contribution in [2.45, 2.75) is 51.2 Å². The van der Waals surface area contributed by atoms with Crippen molar-refractivity contribution in [3.8, 4) is 0 Å². The average Bonchev–Trinajstić information content (AvgIpc) is 2.39. The van der Waals surface area contributed by atoms with E-state index in [9.17, 15) is 4.79 Å². The third kappa shape index (κ3) is 3.59. The van der Waals surface area contributed by atoms with Crippen molar-refractivity contribution < 1.29 is 9.53 Å². The van der Waals surface area contributed by atoms with Gasteiger partial charge in [0.25, 0.3) is 5.91 Å². The molecule has 2 heterocycles. The van der Waals surface area contributed by atoms with Crippen molar-refractivity contribution in [1.29, 1.82) is 0 Å². The molecule has 3 unspecified atom stereocenters. The fourth-order valence-electron chi connectivity index (χ4n) is 2.89. The van der Waals surface area contributed by atoms with Crippen LogP contribution in [0.5, 0.6) is 0 Å². The number of nitrogens with zero attached hydrogens (tertiary/aromatic N) is 1. The predicted octanol–water partition coefficient (Wildman–Crippen LogP) is 1.56. The van der Waals surface area contributed by atoms with Crippen LogP contribution in [0, 0.1) is 5.92 Å². The van der Waals surface area contributed by atoms with E-state index >= 15 is 0 Å². The van der Waals surface area contributed by atoms with Gasteiger partial charge in [-0.25, -0.2) is 0 Å². The second-order valence-electron chi connectivity index (χ2n) is 5.41. The number of amides is 1. The molecule has 0 aliphatic carbocycles. The monoisotopic (exact) mass is 276 g/mol. The zero-order valence-corrected chi connectivity index (χ0v) is 12.0. The smallest absolute Gasteiger partial charge is 0.251 e. The number of rotatable bonds is 2. The van der Waals surface area contributed by atoms with Crippen molar-refractivity contribution >= 4 is 18.3 Å². The van der Waals surface area contributed by atoms with Crippen LogP contribution in [-0.4, -0.2) is 42.6 Å². The van der Waals surface area contributed by atoms with Crippen LogP contribution in [-0.2, 0) is 9.53 Å². The van der Waals surface area contributed by atoms with Crippen LogP contribution in [0.15, 0.2) is 0 Å². The van der Waals surface area contributed by atoms with Crippen LogP contribution in [0.2, 0.25) is 0 Å². The highest BCUT2D eigenvalue weighted by molar-refractivity contribution is 5.85. The molecule has 2 saturated heterocycles. The number of carbonyl (C=O) groups is 1. The number of piperidine rings is 1. The van der Waals surface area contributed by atoms with Gasteiger partial charge in [-0.15, -0.1) is 12.4 Å². The maximum atomic E-state index is 12.4. The van der Waals surface area contributed by atoms with Gasteiger partial charge < -0.3 is 15.4 Å². The molecule has 2 N–H and O–H groups in total. The van der Waals surface area contributed by atoms with E-state index in [1.165, 1.54) is 0 Å². The Hall–Kier alpha value is -0.320. The van der Waals surface area contributed by atoms with Gasteiger partial charge in [0.05, 0.1) is 0 Å². The number of nitrogens with two attached hydrogens (primary N) is 1. The van der Waals surface area contributed by atoms with Crippen molar-refractivity contribution in [1.82, 2.24) is 4.90 Å². The molecular weight excluding hydrogens is 252 g/mol. The Morgan fingerprint density at radius 3 is 2.78 bits per heavy atom. The van der Waals surface area contributed by atoms with Crippen molar-refractivity contribution in [3.05, 3.63) is 0 Å². The van der Waals surface area contributed by atoms with E-state index in [1.807, 2.05) is 4.90 Å². The molecule has 3 atom stereocenters. The molecule has 5 heteroatoms. The van der Waals surface area contributed by atoms with E-state index in [-0.39, 0.29) is 30.5 Å². The van der Waals surface area contributed by atoms with Crippen LogP contribution in [0.25, 0.3) is 0 Å². The molecule has 0 aromatic carbocycles. The summed E-state index contributed by atoms with van der Waals surface area (Å²) >= 11 is 0. The normalized spacial score (nSPS) is 32.8. The molecule has 106 valence electrons. The van der Waals surface area contributed by atoms with Gasteiger partial charge in [0.15, 0.2) is 0 Å². The summed E-state index contributed by atoms with van der Waals surface area (Å²) in [6, 6.07) is 0.219. The highest BCUT2D eigenvalue weighted by Crippen LogP contribution is 2.24. The molecule has 0 radical (unpaired) electrons. The quantitative estimate of drug-likeness (QED) is 0.833. The van der Waals surface area contributed by atoms with Gasteiger partial charge in [0, 0.05) is 25.7 Å². The second kappa shape index (κ2) is 7.31. The van der Waals surface area contributed by atoms with Crippen molar-refractivity contribution in [2.24, 2.45) is 11.7 Å². The Morgan fingerprint density at radius 2 is 2.17 bits per heavy atom. The highest BCUT2D eigenvalue weighted by atomic mass is 35.5. The van der Waals surface area contributed by atoms with Crippen LogP contribution >= 0.6 is 12.4 Å². The number of carbonyl (C=O) groups excluding carboxylic acids is 1. The van der Waals surface area contributed by atoms with Crippen LogP contribution in [0.1, 0.15) is 39.0 Å². The number of hydrogen-bond acceptors (Lipinski definition) is 3. The van der Waals surface area contributed by atoms with E-state index in [1.54, 1.807) is 0 Å². The van der Waals surface area contributed by atoms with E-state index < -0.39 is 0 Å². The Balaban J connectivity index is 0.00000162. The first kappa shape index (κ1) is 15.7. The van der Waals surface area contributed by atoms with Crippen LogP contribution < -0.4 is 5.73 Å². The predicted molar refractivity (Wildman–Crippen MR) is 73.8 cm³/mol. The zero-order chi connectivity index (χ0) is 12.3. The average molecular weight is 277 g/mol. The third-order valence-corrected chi connectivity index (χ3v) is 3.99. The van der Waals surface area contributed by atoms with E-state index in [2.05, 4.69) is 6.92 Å². The molecule has 1 amide bonds. The van der Waals surface area contributed by atoms with Crippen molar-refractivity contribution in [3.63, 3.8) is 0 Å². The minimum Gasteiger partial charge on any atom is -0.368 e. The number of halogens is 1. The Morgan fingerprint density at radius 1 is 1.39 bits per heavy atom. The van der Waals surface area contributed by atoms with E-state index in [0.29, 0.717) is 12.5 Å². The van der Waals surface area contributed by atoms with E-state index in [4.69, 9.17) is 10.5 Å². The summed E-state index contributed by atoms with van der Waals surface area (Å²) in [7, 11) is 0. The van der Waals surface area contributed by atoms with Gasteiger partial charge in [-0.3, -0.25) is 4.79 Å². The maximum absolute atomic E-state index is 12.4. The molecule has 2 fully saturated rings. The largest absolute Gasteiger partial charge is 0.368 e. The lowest BCUT2D eigenvalue weighted by atomic mass is 9.91. The first-order chi connectivity index (χ1) is 8.22. The SMILES string of the molecule is CC1CCN(C(=O)C2CCCCO2)C(CN)C1.Cl. The Bertz CT molecular complexity index is 270. The molecule has 18 heavy (non-hydrogen) atoms. The molecule has 0 saturated carbocycles. The number of likely N-dealkylation sites (tertiary alicyclic amines) is 1. The fourth-order valence-corrected chi connectivity index (χ4v) is 2.89. The molecule has 2 aliphatic rings. The number of ether oxygens (including phenoxy) is 1. The summed E-state index contributed by atoms with van der Waals surface area (Å²) in [4.78, 5) is 14.3. The Labute approximate surface area is 116 Å². The summed E-state index contributed by atoms with van der Waals surface area (Å²) in [5.41, 5.74) is 5.79. The minimum absolute atomic E-state index is 0. The molecule has 2 aliphatic heterocycles. The molecule has 4 nitrogen and oxygen atoms in total. The van der Waals surface area contributed by atoms with Gasteiger partial charge in [-0.1, -0.05) is 6.92 Å². The van der Waals surface area contributed by atoms with Crippen molar-refractivity contribution in [2.75, 3.05) is 19.7 Å². The highest BCUT2D eigenvalue weighted by Gasteiger charge is 2.33. The van der Waals surface area contributed by atoms with Gasteiger partial charge in [-0.2, -0.15) is 0 Å². The summed E-state index contributed by atoms with van der Waals surface area (Å²) < 4.78 is 5.58. The molecule has 0 aromatic rings. The second-order valence-corrected chi connectivity index (χ2v) is 5.41.